The molecule has 0 saturated heterocycles. The molecule has 6 nitrogen and oxygen atoms in total. The zero-order valence-corrected chi connectivity index (χ0v) is 15.5. The Morgan fingerprint density at radius 3 is 2.48 bits per heavy atom. The van der Waals surface area contributed by atoms with E-state index in [9.17, 15) is 9.59 Å². The molecule has 136 valence electrons. The van der Waals surface area contributed by atoms with Crippen molar-refractivity contribution in [2.75, 3.05) is 11.1 Å². The van der Waals surface area contributed by atoms with Gasteiger partial charge in [0, 0.05) is 11.3 Å². The number of carbonyl (C=O) groups excluding carboxylic acids is 2. The molecule has 0 saturated carbocycles. The van der Waals surface area contributed by atoms with Crippen molar-refractivity contribution < 1.29 is 9.59 Å². The van der Waals surface area contributed by atoms with Crippen LogP contribution in [0.3, 0.4) is 0 Å². The number of hydrogen-bond donors (Lipinski definition) is 2. The first-order valence-corrected chi connectivity index (χ1v) is 9.24. The number of nitrogens with zero attached hydrogens (tertiary/aromatic N) is 2. The molecular weight excluding hydrogens is 360 g/mol. The molecule has 0 aliphatic carbocycles. The molecule has 0 atom stereocenters. The number of nitrogens with one attached hydrogen (secondary N) is 1. The maximum Gasteiger partial charge on any atom is 0.250 e. The monoisotopic (exact) mass is 378 g/mol. The molecule has 7 heteroatoms. The number of benzene rings is 2. The van der Waals surface area contributed by atoms with Gasteiger partial charge in [-0.3, -0.25) is 9.59 Å². The summed E-state index contributed by atoms with van der Waals surface area (Å²) >= 11 is 1.23. The first-order chi connectivity index (χ1) is 13.0. The van der Waals surface area contributed by atoms with E-state index in [0.717, 1.165) is 17.0 Å². The van der Waals surface area contributed by atoms with E-state index < -0.39 is 5.91 Å². The molecule has 0 radical (unpaired) electrons. The highest BCUT2D eigenvalue weighted by molar-refractivity contribution is 7.99. The van der Waals surface area contributed by atoms with Crippen LogP contribution in [0.25, 0.3) is 11.3 Å². The van der Waals surface area contributed by atoms with Gasteiger partial charge in [-0.2, -0.15) is 0 Å². The number of para-hydroxylation sites is 1. The van der Waals surface area contributed by atoms with E-state index in [0.29, 0.717) is 10.8 Å². The molecule has 0 fully saturated rings. The second-order valence-corrected chi connectivity index (χ2v) is 6.73. The fourth-order valence-electron chi connectivity index (χ4n) is 2.49. The van der Waals surface area contributed by atoms with Gasteiger partial charge in [0.05, 0.1) is 22.7 Å². The van der Waals surface area contributed by atoms with Gasteiger partial charge in [-0.05, 0) is 25.1 Å². The van der Waals surface area contributed by atoms with Gasteiger partial charge in [-0.1, -0.05) is 54.2 Å². The fourth-order valence-corrected chi connectivity index (χ4v) is 3.19. The molecule has 1 heterocycles. The number of primary amides is 1. The average molecular weight is 378 g/mol. The van der Waals surface area contributed by atoms with Crippen molar-refractivity contribution in [3.05, 3.63) is 71.9 Å². The van der Waals surface area contributed by atoms with Crippen LogP contribution in [0.2, 0.25) is 0 Å². The van der Waals surface area contributed by atoms with Gasteiger partial charge < -0.3 is 11.1 Å². The Labute approximate surface area is 161 Å². The molecule has 3 aromatic rings. The van der Waals surface area contributed by atoms with Crippen LogP contribution < -0.4 is 11.1 Å². The van der Waals surface area contributed by atoms with Crippen LogP contribution >= 0.6 is 11.8 Å². The minimum absolute atomic E-state index is 0.116. The quantitative estimate of drug-likeness (QED) is 0.507. The number of aromatic nitrogens is 2. The Kier molecular flexibility index (Phi) is 5.83. The predicted molar refractivity (Wildman–Crippen MR) is 107 cm³/mol. The maximum absolute atomic E-state index is 12.3. The van der Waals surface area contributed by atoms with Crippen LogP contribution in [0, 0.1) is 6.92 Å². The number of thioether (sulfide) groups is 1. The van der Waals surface area contributed by atoms with Gasteiger partial charge in [0.2, 0.25) is 5.91 Å². The van der Waals surface area contributed by atoms with Crippen molar-refractivity contribution in [2.24, 2.45) is 5.73 Å². The number of anilines is 1. The van der Waals surface area contributed by atoms with Crippen molar-refractivity contribution in [1.29, 1.82) is 0 Å². The molecular formula is C20H18N4O2S. The van der Waals surface area contributed by atoms with Crippen LogP contribution in [0.1, 0.15) is 16.1 Å². The van der Waals surface area contributed by atoms with E-state index >= 15 is 0 Å². The van der Waals surface area contributed by atoms with Gasteiger partial charge in [-0.25, -0.2) is 9.97 Å². The van der Waals surface area contributed by atoms with Crippen molar-refractivity contribution in [3.63, 3.8) is 0 Å². The Hall–Kier alpha value is -3.19. The van der Waals surface area contributed by atoms with Gasteiger partial charge >= 0.3 is 0 Å². The predicted octanol–water partition coefficient (Wildman–Crippen LogP) is 3.28. The summed E-state index contributed by atoms with van der Waals surface area (Å²) in [7, 11) is 0. The third-order valence-electron chi connectivity index (χ3n) is 3.70. The molecule has 2 amide bonds. The second kappa shape index (κ2) is 8.46. The molecule has 0 aliphatic heterocycles. The van der Waals surface area contributed by atoms with Crippen LogP contribution in [-0.2, 0) is 4.79 Å². The summed E-state index contributed by atoms with van der Waals surface area (Å²) in [4.78, 5) is 32.6. The maximum atomic E-state index is 12.3. The lowest BCUT2D eigenvalue weighted by Crippen LogP contribution is -2.19. The van der Waals surface area contributed by atoms with Crippen molar-refractivity contribution in [1.82, 2.24) is 9.97 Å². The summed E-state index contributed by atoms with van der Waals surface area (Å²) in [5, 5.41) is 3.23. The Bertz CT molecular complexity index is 977. The topological polar surface area (TPSA) is 98.0 Å². The van der Waals surface area contributed by atoms with Crippen LogP contribution in [0.5, 0.6) is 0 Å². The summed E-state index contributed by atoms with van der Waals surface area (Å²) in [5.74, 6) is -0.738. The zero-order chi connectivity index (χ0) is 19.2. The van der Waals surface area contributed by atoms with Gasteiger partial charge in [0.1, 0.15) is 0 Å². The Balaban J connectivity index is 1.69. The number of hydrogen-bond acceptors (Lipinski definition) is 5. The first kappa shape index (κ1) is 18.6. The Morgan fingerprint density at radius 1 is 1.04 bits per heavy atom. The fraction of sp³-hybridized carbons (Fsp3) is 0.100. The van der Waals surface area contributed by atoms with E-state index in [2.05, 4.69) is 15.3 Å². The average Bonchev–Trinajstić information content (AvgIpc) is 2.67. The van der Waals surface area contributed by atoms with E-state index in [1.807, 2.05) is 43.3 Å². The molecule has 3 N–H and O–H groups in total. The molecule has 0 unspecified atom stereocenters. The van der Waals surface area contributed by atoms with Crippen molar-refractivity contribution in [2.45, 2.75) is 12.1 Å². The summed E-state index contributed by atoms with van der Waals surface area (Å²) < 4.78 is 0. The molecule has 27 heavy (non-hydrogen) atoms. The van der Waals surface area contributed by atoms with E-state index in [4.69, 9.17) is 5.73 Å². The highest BCUT2D eigenvalue weighted by atomic mass is 32.2. The zero-order valence-electron chi connectivity index (χ0n) is 14.7. The number of rotatable bonds is 6. The van der Waals surface area contributed by atoms with E-state index in [1.165, 1.54) is 11.8 Å². The van der Waals surface area contributed by atoms with Crippen LogP contribution in [0.15, 0.2) is 65.8 Å². The summed E-state index contributed by atoms with van der Waals surface area (Å²) in [6.07, 6.45) is 0. The smallest absolute Gasteiger partial charge is 0.250 e. The number of carbonyl (C=O) groups is 2. The largest absolute Gasteiger partial charge is 0.366 e. The molecule has 0 bridgehead atoms. The Morgan fingerprint density at radius 2 is 1.74 bits per heavy atom. The standard InChI is InChI=1S/C20H18N4O2S/c1-13-11-17(14-7-3-2-4-8-14)24-20(22-13)27-12-18(25)23-16-10-6-5-9-15(16)19(21)26/h2-11H,12H2,1H3,(H2,21,26)(H,23,25). The normalized spacial score (nSPS) is 10.4. The SMILES string of the molecule is Cc1cc(-c2ccccc2)nc(SCC(=O)Nc2ccccc2C(N)=O)n1. The third-order valence-corrected chi connectivity index (χ3v) is 4.55. The van der Waals surface area contributed by atoms with Gasteiger partial charge in [-0.15, -0.1) is 0 Å². The second-order valence-electron chi connectivity index (χ2n) is 5.79. The number of amides is 2. The summed E-state index contributed by atoms with van der Waals surface area (Å²) in [5.41, 5.74) is 8.62. The van der Waals surface area contributed by atoms with Crippen molar-refractivity contribution in [3.8, 4) is 11.3 Å². The molecule has 2 aromatic carbocycles. The minimum atomic E-state index is -0.590. The highest BCUT2D eigenvalue weighted by Crippen LogP contribution is 2.22. The highest BCUT2D eigenvalue weighted by Gasteiger charge is 2.12. The summed E-state index contributed by atoms with van der Waals surface area (Å²) in [6.45, 7) is 1.89. The van der Waals surface area contributed by atoms with Gasteiger partial charge in [0.15, 0.2) is 5.16 Å². The summed E-state index contributed by atoms with van der Waals surface area (Å²) in [6, 6.07) is 18.3. The lowest BCUT2D eigenvalue weighted by Gasteiger charge is -2.09. The molecule has 1 aromatic heterocycles. The molecule has 0 aliphatic rings. The van der Waals surface area contributed by atoms with E-state index in [1.54, 1.807) is 24.3 Å². The lowest BCUT2D eigenvalue weighted by molar-refractivity contribution is -0.113. The minimum Gasteiger partial charge on any atom is -0.366 e. The third kappa shape index (κ3) is 4.92. The van der Waals surface area contributed by atoms with E-state index in [-0.39, 0.29) is 17.2 Å². The molecule has 0 spiro atoms. The number of nitrogens with two attached hydrogens (primary N) is 1. The number of aryl methyl sites for hydroxylation is 1. The van der Waals surface area contributed by atoms with Crippen LogP contribution in [-0.4, -0.2) is 27.5 Å². The molecule has 3 rings (SSSR count). The van der Waals surface area contributed by atoms with Gasteiger partial charge in [0.25, 0.3) is 5.91 Å². The van der Waals surface area contributed by atoms with Crippen LogP contribution in [0.4, 0.5) is 5.69 Å². The van der Waals surface area contributed by atoms with Crippen molar-refractivity contribution >= 4 is 29.3 Å². The lowest BCUT2D eigenvalue weighted by atomic mass is 10.1. The first-order valence-electron chi connectivity index (χ1n) is 8.25.